The summed E-state index contributed by atoms with van der Waals surface area (Å²) < 4.78 is 34.8. The molecule has 1 fully saturated rings. The lowest BCUT2D eigenvalue weighted by atomic mass is 10.1. The van der Waals surface area contributed by atoms with Crippen LogP contribution in [0.3, 0.4) is 0 Å². The Bertz CT molecular complexity index is 1200. The van der Waals surface area contributed by atoms with Crippen LogP contribution in [0.15, 0.2) is 44.8 Å². The first kappa shape index (κ1) is 20.1. The Labute approximate surface area is 179 Å². The quantitative estimate of drug-likeness (QED) is 0.524. The highest BCUT2D eigenvalue weighted by molar-refractivity contribution is 9.11. The van der Waals surface area contributed by atoms with Gasteiger partial charge in [0.25, 0.3) is 5.91 Å². The topological polar surface area (TPSA) is 103 Å². The third-order valence-electron chi connectivity index (χ3n) is 4.55. The van der Waals surface area contributed by atoms with Crippen molar-refractivity contribution in [1.29, 1.82) is 0 Å². The van der Waals surface area contributed by atoms with Gasteiger partial charge in [0.2, 0.25) is 5.78 Å². The number of halogens is 1. The molecule has 7 nitrogen and oxygen atoms in total. The number of hydrogen-bond acceptors (Lipinski definition) is 7. The number of amides is 1. The molecule has 1 amide bonds. The minimum Gasteiger partial charge on any atom is -0.484 e. The van der Waals surface area contributed by atoms with Crippen LogP contribution in [0.5, 0.6) is 5.75 Å². The summed E-state index contributed by atoms with van der Waals surface area (Å²) in [5, 5.41) is 3.27. The Morgan fingerprint density at radius 1 is 1.28 bits per heavy atom. The van der Waals surface area contributed by atoms with Crippen molar-refractivity contribution in [2.45, 2.75) is 12.5 Å². The van der Waals surface area contributed by atoms with Gasteiger partial charge in [-0.1, -0.05) is 0 Å². The molecule has 1 unspecified atom stereocenters. The molecule has 1 aliphatic rings. The van der Waals surface area contributed by atoms with Gasteiger partial charge >= 0.3 is 0 Å². The summed E-state index contributed by atoms with van der Waals surface area (Å²) in [5.41, 5.74) is 0.956. The first-order valence-electron chi connectivity index (χ1n) is 8.74. The number of benzene rings is 1. The molecule has 2 aromatic heterocycles. The third kappa shape index (κ3) is 4.54. The van der Waals surface area contributed by atoms with Gasteiger partial charge in [-0.25, -0.2) is 8.42 Å². The molecule has 3 heterocycles. The van der Waals surface area contributed by atoms with Gasteiger partial charge in [-0.15, -0.1) is 11.3 Å². The molecule has 1 N–H and O–H groups in total. The lowest BCUT2D eigenvalue weighted by Gasteiger charge is -2.11. The summed E-state index contributed by atoms with van der Waals surface area (Å²) in [7, 11) is -3.06. The van der Waals surface area contributed by atoms with E-state index in [1.807, 2.05) is 6.07 Å². The second kappa shape index (κ2) is 7.92. The van der Waals surface area contributed by atoms with Gasteiger partial charge in [0.1, 0.15) is 17.6 Å². The molecule has 1 saturated heterocycles. The van der Waals surface area contributed by atoms with E-state index < -0.39 is 9.84 Å². The number of hydrogen-bond donors (Lipinski definition) is 1. The van der Waals surface area contributed by atoms with Crippen molar-refractivity contribution in [3.63, 3.8) is 0 Å². The van der Waals surface area contributed by atoms with Crippen LogP contribution in [0.4, 0.5) is 0 Å². The molecule has 0 bridgehead atoms. The SMILES string of the molecule is O=C(COc1ccc2occ(C(=O)c3ccc(Br)s3)c2c1)NC1CCS(=O)(=O)C1. The number of sulfone groups is 1. The molecule has 3 aromatic rings. The summed E-state index contributed by atoms with van der Waals surface area (Å²) in [5.74, 6) is -0.0807. The molecule has 0 saturated carbocycles. The van der Waals surface area contributed by atoms with Crippen molar-refractivity contribution in [2.24, 2.45) is 0 Å². The molecule has 29 heavy (non-hydrogen) atoms. The predicted molar refractivity (Wildman–Crippen MR) is 112 cm³/mol. The van der Waals surface area contributed by atoms with Gasteiger partial charge in [0.15, 0.2) is 16.4 Å². The van der Waals surface area contributed by atoms with E-state index in [1.54, 1.807) is 24.3 Å². The Balaban J connectivity index is 1.45. The lowest BCUT2D eigenvalue weighted by molar-refractivity contribution is -0.123. The molecule has 10 heteroatoms. The molecule has 152 valence electrons. The second-order valence-electron chi connectivity index (χ2n) is 6.70. The van der Waals surface area contributed by atoms with Gasteiger partial charge in [-0.05, 0) is 52.7 Å². The summed E-state index contributed by atoms with van der Waals surface area (Å²) in [6.45, 7) is -0.249. The highest BCUT2D eigenvalue weighted by Gasteiger charge is 2.29. The van der Waals surface area contributed by atoms with Crippen LogP contribution in [-0.4, -0.2) is 44.3 Å². The fourth-order valence-electron chi connectivity index (χ4n) is 3.17. The van der Waals surface area contributed by atoms with Gasteiger partial charge < -0.3 is 14.5 Å². The normalized spacial score (nSPS) is 18.0. The summed E-state index contributed by atoms with van der Waals surface area (Å²) in [6.07, 6.45) is 1.83. The minimum absolute atomic E-state index is 0.0377. The summed E-state index contributed by atoms with van der Waals surface area (Å²) in [4.78, 5) is 25.4. The number of carbonyl (C=O) groups excluding carboxylic acids is 2. The first-order valence-corrected chi connectivity index (χ1v) is 12.2. The highest BCUT2D eigenvalue weighted by Crippen LogP contribution is 2.30. The van der Waals surface area contributed by atoms with Crippen LogP contribution < -0.4 is 10.1 Å². The molecule has 1 atom stereocenters. The average Bonchev–Trinajstić information content (AvgIpc) is 3.37. The van der Waals surface area contributed by atoms with E-state index in [9.17, 15) is 18.0 Å². The van der Waals surface area contributed by atoms with E-state index in [1.165, 1.54) is 17.6 Å². The van der Waals surface area contributed by atoms with E-state index in [-0.39, 0.29) is 35.8 Å². The zero-order valence-corrected chi connectivity index (χ0v) is 18.2. The van der Waals surface area contributed by atoms with E-state index in [4.69, 9.17) is 9.15 Å². The molecular formula is C19H16BrNO6S2. The Hall–Kier alpha value is -2.17. The number of ketones is 1. The standard InChI is InChI=1S/C19H16BrNO6S2/c20-17-4-3-16(28-17)19(23)14-8-27-15-2-1-12(7-13(14)15)26-9-18(22)21-11-5-6-29(24,25)10-11/h1-4,7-8,11H,5-6,9-10H2,(H,21,22). The molecule has 4 rings (SSSR count). The fraction of sp³-hybridized carbons (Fsp3) is 0.263. The summed E-state index contributed by atoms with van der Waals surface area (Å²) >= 11 is 4.68. The molecular weight excluding hydrogens is 482 g/mol. The van der Waals surface area contributed by atoms with Crippen molar-refractivity contribution >= 4 is 59.8 Å². The zero-order valence-electron chi connectivity index (χ0n) is 15.0. The highest BCUT2D eigenvalue weighted by atomic mass is 79.9. The number of fused-ring (bicyclic) bond motifs is 1. The van der Waals surface area contributed by atoms with Gasteiger partial charge in [0, 0.05) is 11.4 Å². The Morgan fingerprint density at radius 3 is 2.79 bits per heavy atom. The summed E-state index contributed by atoms with van der Waals surface area (Å²) in [6, 6.07) is 8.15. The minimum atomic E-state index is -3.06. The largest absolute Gasteiger partial charge is 0.484 e. The predicted octanol–water partition coefficient (Wildman–Crippen LogP) is 3.17. The van der Waals surface area contributed by atoms with Crippen molar-refractivity contribution in [3.8, 4) is 5.75 Å². The van der Waals surface area contributed by atoms with Crippen LogP contribution >= 0.6 is 27.3 Å². The number of rotatable bonds is 6. The molecule has 1 aliphatic heterocycles. The third-order valence-corrected chi connectivity index (χ3v) is 7.94. The molecule has 0 aliphatic carbocycles. The van der Waals surface area contributed by atoms with E-state index in [0.29, 0.717) is 33.6 Å². The second-order valence-corrected chi connectivity index (χ2v) is 11.4. The maximum Gasteiger partial charge on any atom is 0.258 e. The maximum atomic E-state index is 12.7. The van der Waals surface area contributed by atoms with Crippen LogP contribution in [0.25, 0.3) is 11.0 Å². The lowest BCUT2D eigenvalue weighted by Crippen LogP contribution is -2.38. The zero-order chi connectivity index (χ0) is 20.6. The van der Waals surface area contributed by atoms with Crippen molar-refractivity contribution in [2.75, 3.05) is 18.1 Å². The van der Waals surface area contributed by atoms with E-state index >= 15 is 0 Å². The van der Waals surface area contributed by atoms with Crippen molar-refractivity contribution in [3.05, 3.63) is 50.8 Å². The van der Waals surface area contributed by atoms with E-state index in [2.05, 4.69) is 21.2 Å². The van der Waals surface area contributed by atoms with Gasteiger partial charge in [-0.2, -0.15) is 0 Å². The Morgan fingerprint density at radius 2 is 2.10 bits per heavy atom. The molecule has 0 radical (unpaired) electrons. The Kier molecular flexibility index (Phi) is 5.50. The van der Waals surface area contributed by atoms with Crippen LogP contribution in [0.2, 0.25) is 0 Å². The van der Waals surface area contributed by atoms with Crippen molar-refractivity contribution < 1.29 is 27.2 Å². The fourth-order valence-corrected chi connectivity index (χ4v) is 6.18. The van der Waals surface area contributed by atoms with Crippen LogP contribution in [-0.2, 0) is 14.6 Å². The number of furan rings is 1. The van der Waals surface area contributed by atoms with E-state index in [0.717, 1.165) is 3.79 Å². The number of nitrogens with one attached hydrogen (secondary N) is 1. The average molecular weight is 498 g/mol. The van der Waals surface area contributed by atoms with Crippen LogP contribution in [0, 0.1) is 0 Å². The molecule has 1 aromatic carbocycles. The molecule has 0 spiro atoms. The first-order chi connectivity index (χ1) is 13.8. The number of carbonyl (C=O) groups is 2. The van der Waals surface area contributed by atoms with Crippen LogP contribution in [0.1, 0.15) is 21.7 Å². The van der Waals surface area contributed by atoms with Gasteiger partial charge in [-0.3, -0.25) is 9.59 Å². The number of thiophene rings is 1. The maximum absolute atomic E-state index is 12.7. The van der Waals surface area contributed by atoms with Gasteiger partial charge in [0.05, 0.1) is 25.7 Å². The number of ether oxygens (including phenoxy) is 1. The smallest absolute Gasteiger partial charge is 0.258 e. The van der Waals surface area contributed by atoms with Crippen molar-refractivity contribution in [1.82, 2.24) is 5.32 Å². The monoisotopic (exact) mass is 497 g/mol.